The lowest BCUT2D eigenvalue weighted by atomic mass is 9.94. The van der Waals surface area contributed by atoms with Crippen LogP contribution in [0.25, 0.3) is 0 Å². The molecular weight excluding hydrogens is 311 g/mol. The number of fused-ring (bicyclic) bond motifs is 1. The zero-order valence-electron chi connectivity index (χ0n) is 11.9. The SMILES string of the molecule is CC1=C(C(N)=O)[C@@H](c2ccc(C(F)(F)F)cc2)n2ncnc2N1. The molecule has 0 bridgehead atoms. The standard InChI is InChI=1S/C14H12F3N5O/c1-7-10(12(18)23)11(22-13(21-7)19-6-20-22)8-2-4-9(5-3-8)14(15,16)17/h2-6,11H,1H3,(H2,18,23)(H,19,20,21)/t11-/m1/s1. The van der Waals surface area contributed by atoms with E-state index in [9.17, 15) is 18.0 Å². The van der Waals surface area contributed by atoms with Gasteiger partial charge in [0.1, 0.15) is 12.4 Å². The minimum atomic E-state index is -4.43. The molecule has 0 unspecified atom stereocenters. The van der Waals surface area contributed by atoms with Gasteiger partial charge in [-0.3, -0.25) is 4.79 Å². The van der Waals surface area contributed by atoms with Crippen molar-refractivity contribution in [2.75, 3.05) is 5.32 Å². The van der Waals surface area contributed by atoms with E-state index in [0.717, 1.165) is 12.1 Å². The first-order valence-corrected chi connectivity index (χ1v) is 6.63. The second-order valence-corrected chi connectivity index (χ2v) is 5.08. The van der Waals surface area contributed by atoms with E-state index in [4.69, 9.17) is 5.73 Å². The lowest BCUT2D eigenvalue weighted by Gasteiger charge is -2.27. The third-order valence-corrected chi connectivity index (χ3v) is 3.61. The van der Waals surface area contributed by atoms with Crippen LogP contribution in [0, 0.1) is 0 Å². The van der Waals surface area contributed by atoms with Gasteiger partial charge in [-0.25, -0.2) is 4.68 Å². The Balaban J connectivity index is 2.11. The Kier molecular flexibility index (Phi) is 3.35. The fourth-order valence-corrected chi connectivity index (χ4v) is 2.57. The first-order chi connectivity index (χ1) is 10.8. The molecule has 9 heteroatoms. The molecule has 1 aromatic carbocycles. The summed E-state index contributed by atoms with van der Waals surface area (Å²) in [5.74, 6) is -0.293. The normalized spacial score (nSPS) is 17.7. The number of nitrogens with one attached hydrogen (secondary N) is 1. The Labute approximate surface area is 128 Å². The first kappa shape index (κ1) is 15.1. The van der Waals surface area contributed by atoms with Crippen LogP contribution in [-0.4, -0.2) is 20.7 Å². The molecule has 1 aliphatic rings. The van der Waals surface area contributed by atoms with Crippen molar-refractivity contribution in [3.05, 3.63) is 53.0 Å². The number of nitrogens with two attached hydrogens (primary N) is 1. The molecule has 0 fully saturated rings. The van der Waals surface area contributed by atoms with Gasteiger partial charge in [0.05, 0.1) is 11.1 Å². The second-order valence-electron chi connectivity index (χ2n) is 5.08. The van der Waals surface area contributed by atoms with Gasteiger partial charge in [-0.2, -0.15) is 23.3 Å². The number of rotatable bonds is 2. The van der Waals surface area contributed by atoms with Crippen LogP contribution < -0.4 is 11.1 Å². The number of halogens is 3. The lowest BCUT2D eigenvalue weighted by molar-refractivity contribution is -0.137. The Morgan fingerprint density at radius 3 is 2.52 bits per heavy atom. The molecule has 1 amide bonds. The van der Waals surface area contributed by atoms with Gasteiger partial charge in [0.15, 0.2) is 0 Å². The van der Waals surface area contributed by atoms with Gasteiger partial charge >= 0.3 is 6.18 Å². The van der Waals surface area contributed by atoms with Crippen molar-refractivity contribution >= 4 is 11.9 Å². The number of aromatic nitrogens is 3. The zero-order chi connectivity index (χ0) is 16.8. The summed E-state index contributed by atoms with van der Waals surface area (Å²) in [5.41, 5.74) is 5.84. The van der Waals surface area contributed by atoms with Crippen molar-refractivity contribution < 1.29 is 18.0 Å². The van der Waals surface area contributed by atoms with Gasteiger partial charge in [-0.05, 0) is 24.6 Å². The minimum absolute atomic E-state index is 0.225. The molecule has 2 heterocycles. The van der Waals surface area contributed by atoms with Crippen LogP contribution in [-0.2, 0) is 11.0 Å². The number of carbonyl (C=O) groups excluding carboxylic acids is 1. The number of benzene rings is 1. The Morgan fingerprint density at radius 2 is 1.96 bits per heavy atom. The molecule has 1 aliphatic heterocycles. The number of hydrogen-bond donors (Lipinski definition) is 2. The smallest absolute Gasteiger partial charge is 0.366 e. The fraction of sp³-hybridized carbons (Fsp3) is 0.214. The van der Waals surface area contributed by atoms with E-state index < -0.39 is 23.7 Å². The molecule has 3 rings (SSSR count). The molecule has 3 N–H and O–H groups in total. The molecular formula is C14H12F3N5O. The third kappa shape index (κ3) is 2.54. The number of primary amides is 1. The monoisotopic (exact) mass is 323 g/mol. The number of alkyl halides is 3. The van der Waals surface area contributed by atoms with Crippen LogP contribution in [0.15, 0.2) is 41.9 Å². The highest BCUT2D eigenvalue weighted by molar-refractivity contribution is 5.95. The van der Waals surface area contributed by atoms with Crippen LogP contribution in [0.5, 0.6) is 0 Å². The summed E-state index contributed by atoms with van der Waals surface area (Å²) < 4.78 is 39.5. The van der Waals surface area contributed by atoms with E-state index in [-0.39, 0.29) is 5.57 Å². The highest BCUT2D eigenvalue weighted by Crippen LogP contribution is 2.36. The Hall–Kier alpha value is -2.84. The maximum absolute atomic E-state index is 12.7. The van der Waals surface area contributed by atoms with Crippen molar-refractivity contribution in [1.29, 1.82) is 0 Å². The predicted molar refractivity (Wildman–Crippen MR) is 75.1 cm³/mol. The molecule has 120 valence electrons. The molecule has 0 radical (unpaired) electrons. The molecule has 0 saturated carbocycles. The largest absolute Gasteiger partial charge is 0.416 e. The zero-order valence-corrected chi connectivity index (χ0v) is 11.9. The molecule has 6 nitrogen and oxygen atoms in total. The van der Waals surface area contributed by atoms with E-state index in [1.165, 1.54) is 23.1 Å². The minimum Gasteiger partial charge on any atom is -0.366 e. The van der Waals surface area contributed by atoms with Crippen molar-refractivity contribution in [3.8, 4) is 0 Å². The molecule has 23 heavy (non-hydrogen) atoms. The molecule has 0 spiro atoms. The van der Waals surface area contributed by atoms with Gasteiger partial charge < -0.3 is 11.1 Å². The Bertz CT molecular complexity index is 791. The van der Waals surface area contributed by atoms with E-state index in [0.29, 0.717) is 17.2 Å². The van der Waals surface area contributed by atoms with Crippen molar-refractivity contribution in [2.45, 2.75) is 19.1 Å². The van der Waals surface area contributed by atoms with E-state index in [1.807, 2.05) is 0 Å². The number of allylic oxidation sites excluding steroid dienone is 1. The summed E-state index contributed by atoms with van der Waals surface area (Å²) in [5, 5.41) is 6.93. The Morgan fingerprint density at radius 1 is 1.30 bits per heavy atom. The number of nitrogens with zero attached hydrogens (tertiary/aromatic N) is 3. The van der Waals surface area contributed by atoms with E-state index >= 15 is 0 Å². The van der Waals surface area contributed by atoms with Crippen molar-refractivity contribution in [3.63, 3.8) is 0 Å². The number of anilines is 1. The molecule has 0 saturated heterocycles. The van der Waals surface area contributed by atoms with Crippen LogP contribution in [0.2, 0.25) is 0 Å². The van der Waals surface area contributed by atoms with Crippen LogP contribution in [0.4, 0.5) is 19.1 Å². The molecule has 1 atom stereocenters. The molecule has 1 aromatic heterocycles. The number of hydrogen-bond acceptors (Lipinski definition) is 4. The predicted octanol–water partition coefficient (Wildman–Crippen LogP) is 2.07. The fourth-order valence-electron chi connectivity index (χ4n) is 2.57. The average Bonchev–Trinajstić information content (AvgIpc) is 2.92. The van der Waals surface area contributed by atoms with Crippen molar-refractivity contribution in [1.82, 2.24) is 14.8 Å². The maximum Gasteiger partial charge on any atom is 0.416 e. The topological polar surface area (TPSA) is 85.8 Å². The third-order valence-electron chi connectivity index (χ3n) is 3.61. The van der Waals surface area contributed by atoms with Gasteiger partial charge in [-0.15, -0.1) is 0 Å². The summed E-state index contributed by atoms with van der Waals surface area (Å²) in [7, 11) is 0. The second kappa shape index (κ2) is 5.11. The summed E-state index contributed by atoms with van der Waals surface area (Å²) in [6.45, 7) is 1.65. The van der Waals surface area contributed by atoms with Crippen LogP contribution >= 0.6 is 0 Å². The summed E-state index contributed by atoms with van der Waals surface area (Å²) in [6, 6.07) is 3.80. The average molecular weight is 323 g/mol. The quantitative estimate of drug-likeness (QED) is 0.886. The van der Waals surface area contributed by atoms with Crippen LogP contribution in [0.1, 0.15) is 24.1 Å². The van der Waals surface area contributed by atoms with Crippen molar-refractivity contribution in [2.24, 2.45) is 5.73 Å². The van der Waals surface area contributed by atoms with Gasteiger partial charge in [-0.1, -0.05) is 12.1 Å². The molecule has 2 aromatic rings. The highest BCUT2D eigenvalue weighted by Gasteiger charge is 2.34. The van der Waals surface area contributed by atoms with Gasteiger partial charge in [0.25, 0.3) is 0 Å². The van der Waals surface area contributed by atoms with E-state index in [2.05, 4.69) is 15.4 Å². The lowest BCUT2D eigenvalue weighted by Crippen LogP contribution is -2.31. The van der Waals surface area contributed by atoms with Gasteiger partial charge in [0.2, 0.25) is 11.9 Å². The van der Waals surface area contributed by atoms with E-state index in [1.54, 1.807) is 6.92 Å². The highest BCUT2D eigenvalue weighted by atomic mass is 19.4. The summed E-state index contributed by atoms with van der Waals surface area (Å²) >= 11 is 0. The number of carbonyl (C=O) groups is 1. The van der Waals surface area contributed by atoms with Crippen LogP contribution in [0.3, 0.4) is 0 Å². The first-order valence-electron chi connectivity index (χ1n) is 6.63. The maximum atomic E-state index is 12.7. The number of amides is 1. The van der Waals surface area contributed by atoms with Gasteiger partial charge in [0, 0.05) is 5.70 Å². The summed E-state index contributed by atoms with van der Waals surface area (Å²) in [4.78, 5) is 15.8. The summed E-state index contributed by atoms with van der Waals surface area (Å²) in [6.07, 6.45) is -3.14. The molecule has 0 aliphatic carbocycles.